The molecule has 0 aliphatic carbocycles. The van der Waals surface area contributed by atoms with Gasteiger partial charge in [-0.25, -0.2) is 4.68 Å². The van der Waals surface area contributed by atoms with Gasteiger partial charge in [0.25, 0.3) is 0 Å². The third kappa shape index (κ3) is 3.19. The standard InChI is InChI=1S/C14H19N5/c1-3-14(19-12-8-16-17-19)4-2-13(1)5-9-18-10-6-15-7-11-18/h1-4,8,12,15H,5-7,9-11H2. The van der Waals surface area contributed by atoms with Crippen LogP contribution in [0.2, 0.25) is 0 Å². The fraction of sp³-hybridized carbons (Fsp3) is 0.429. The Hall–Kier alpha value is -1.72. The fourth-order valence-electron chi connectivity index (χ4n) is 2.38. The van der Waals surface area contributed by atoms with Crippen molar-refractivity contribution in [2.24, 2.45) is 0 Å². The second-order valence-corrected chi connectivity index (χ2v) is 4.86. The van der Waals surface area contributed by atoms with Gasteiger partial charge in [0.05, 0.1) is 18.1 Å². The zero-order valence-electron chi connectivity index (χ0n) is 11.0. The molecule has 0 atom stereocenters. The van der Waals surface area contributed by atoms with Crippen molar-refractivity contribution in [2.75, 3.05) is 32.7 Å². The van der Waals surface area contributed by atoms with E-state index in [1.165, 1.54) is 5.56 Å². The molecule has 0 spiro atoms. The minimum atomic E-state index is 1.06. The molecule has 0 saturated carbocycles. The minimum Gasteiger partial charge on any atom is -0.314 e. The quantitative estimate of drug-likeness (QED) is 0.876. The summed E-state index contributed by atoms with van der Waals surface area (Å²) in [5, 5.41) is 11.2. The Morgan fingerprint density at radius 2 is 1.89 bits per heavy atom. The Balaban J connectivity index is 1.57. The molecular weight excluding hydrogens is 238 g/mol. The summed E-state index contributed by atoms with van der Waals surface area (Å²) in [7, 11) is 0. The summed E-state index contributed by atoms with van der Waals surface area (Å²) < 4.78 is 1.78. The van der Waals surface area contributed by atoms with Crippen LogP contribution in [0.4, 0.5) is 0 Å². The third-order valence-corrected chi connectivity index (χ3v) is 3.55. The number of nitrogens with one attached hydrogen (secondary N) is 1. The molecule has 5 heteroatoms. The molecule has 100 valence electrons. The van der Waals surface area contributed by atoms with Crippen LogP contribution < -0.4 is 5.32 Å². The van der Waals surface area contributed by atoms with Crippen LogP contribution in [0.25, 0.3) is 5.69 Å². The van der Waals surface area contributed by atoms with Gasteiger partial charge in [0, 0.05) is 32.7 Å². The Labute approximate surface area is 113 Å². The van der Waals surface area contributed by atoms with E-state index in [-0.39, 0.29) is 0 Å². The van der Waals surface area contributed by atoms with Crippen LogP contribution in [0.1, 0.15) is 5.56 Å². The third-order valence-electron chi connectivity index (χ3n) is 3.55. The van der Waals surface area contributed by atoms with Crippen LogP contribution in [0, 0.1) is 0 Å². The second kappa shape index (κ2) is 5.95. The zero-order valence-corrected chi connectivity index (χ0v) is 11.0. The number of nitrogens with zero attached hydrogens (tertiary/aromatic N) is 4. The van der Waals surface area contributed by atoms with Crippen molar-refractivity contribution in [1.29, 1.82) is 0 Å². The molecule has 1 aromatic heterocycles. The molecule has 0 amide bonds. The summed E-state index contributed by atoms with van der Waals surface area (Å²) in [6.45, 7) is 5.70. The van der Waals surface area contributed by atoms with Gasteiger partial charge in [-0.2, -0.15) is 0 Å². The summed E-state index contributed by atoms with van der Waals surface area (Å²) in [5.74, 6) is 0. The molecule has 1 aromatic carbocycles. The van der Waals surface area contributed by atoms with Gasteiger partial charge in [0.1, 0.15) is 0 Å². The van der Waals surface area contributed by atoms with E-state index >= 15 is 0 Å². The predicted octanol–water partition coefficient (Wildman–Crippen LogP) is 0.715. The van der Waals surface area contributed by atoms with E-state index in [2.05, 4.69) is 44.8 Å². The molecule has 1 saturated heterocycles. The Morgan fingerprint density at radius 3 is 2.58 bits per heavy atom. The minimum absolute atomic E-state index is 1.06. The summed E-state index contributed by atoms with van der Waals surface area (Å²) in [4.78, 5) is 2.52. The van der Waals surface area contributed by atoms with E-state index < -0.39 is 0 Å². The maximum absolute atomic E-state index is 3.99. The van der Waals surface area contributed by atoms with E-state index in [0.29, 0.717) is 0 Å². The first kappa shape index (κ1) is 12.3. The summed E-state index contributed by atoms with van der Waals surface area (Å²) >= 11 is 0. The highest BCUT2D eigenvalue weighted by molar-refractivity contribution is 5.33. The van der Waals surface area contributed by atoms with E-state index in [1.807, 2.05) is 6.20 Å². The first-order chi connectivity index (χ1) is 9.42. The molecule has 2 heterocycles. The van der Waals surface area contributed by atoms with Gasteiger partial charge in [0.15, 0.2) is 0 Å². The lowest BCUT2D eigenvalue weighted by atomic mass is 10.1. The molecule has 2 aromatic rings. The molecule has 0 bridgehead atoms. The highest BCUT2D eigenvalue weighted by atomic mass is 15.4. The highest BCUT2D eigenvalue weighted by Crippen LogP contribution is 2.09. The molecular formula is C14H19N5. The van der Waals surface area contributed by atoms with Crippen LogP contribution in [0.3, 0.4) is 0 Å². The average Bonchev–Trinajstić information content (AvgIpc) is 3.01. The van der Waals surface area contributed by atoms with Gasteiger partial charge in [-0.15, -0.1) is 5.10 Å². The monoisotopic (exact) mass is 257 g/mol. The first-order valence-corrected chi connectivity index (χ1v) is 6.80. The maximum atomic E-state index is 3.99. The Morgan fingerprint density at radius 1 is 1.11 bits per heavy atom. The number of rotatable bonds is 4. The largest absolute Gasteiger partial charge is 0.314 e. The number of hydrogen-bond acceptors (Lipinski definition) is 4. The maximum Gasteiger partial charge on any atom is 0.0697 e. The van der Waals surface area contributed by atoms with E-state index in [1.54, 1.807) is 10.9 Å². The number of aromatic nitrogens is 3. The molecule has 1 fully saturated rings. The van der Waals surface area contributed by atoms with Crippen LogP contribution >= 0.6 is 0 Å². The van der Waals surface area contributed by atoms with Crippen molar-refractivity contribution in [2.45, 2.75) is 6.42 Å². The molecule has 19 heavy (non-hydrogen) atoms. The number of hydrogen-bond donors (Lipinski definition) is 1. The number of piperazine rings is 1. The van der Waals surface area contributed by atoms with Gasteiger partial charge in [-0.05, 0) is 24.1 Å². The molecule has 1 aliphatic heterocycles. The topological polar surface area (TPSA) is 46.0 Å². The summed E-state index contributed by atoms with van der Waals surface area (Å²) in [5.41, 5.74) is 2.44. The lowest BCUT2D eigenvalue weighted by Crippen LogP contribution is -2.44. The fourth-order valence-corrected chi connectivity index (χ4v) is 2.38. The molecule has 5 nitrogen and oxygen atoms in total. The predicted molar refractivity (Wildman–Crippen MR) is 74.4 cm³/mol. The van der Waals surface area contributed by atoms with Crippen LogP contribution in [-0.2, 0) is 6.42 Å². The zero-order chi connectivity index (χ0) is 12.9. The first-order valence-electron chi connectivity index (χ1n) is 6.80. The van der Waals surface area contributed by atoms with Crippen molar-refractivity contribution in [3.8, 4) is 5.69 Å². The second-order valence-electron chi connectivity index (χ2n) is 4.86. The van der Waals surface area contributed by atoms with E-state index in [0.717, 1.165) is 44.8 Å². The van der Waals surface area contributed by atoms with Gasteiger partial charge in [-0.1, -0.05) is 17.3 Å². The Kier molecular flexibility index (Phi) is 3.86. The van der Waals surface area contributed by atoms with Crippen LogP contribution in [-0.4, -0.2) is 52.6 Å². The van der Waals surface area contributed by atoms with Crippen molar-refractivity contribution in [3.05, 3.63) is 42.2 Å². The summed E-state index contributed by atoms with van der Waals surface area (Å²) in [6, 6.07) is 8.56. The molecule has 0 radical (unpaired) electrons. The highest BCUT2D eigenvalue weighted by Gasteiger charge is 2.08. The van der Waals surface area contributed by atoms with Crippen molar-refractivity contribution in [1.82, 2.24) is 25.2 Å². The molecule has 1 aliphatic rings. The number of benzene rings is 1. The van der Waals surface area contributed by atoms with Crippen LogP contribution in [0.5, 0.6) is 0 Å². The van der Waals surface area contributed by atoms with E-state index in [4.69, 9.17) is 0 Å². The van der Waals surface area contributed by atoms with Crippen molar-refractivity contribution in [3.63, 3.8) is 0 Å². The Bertz CT molecular complexity index is 485. The lowest BCUT2D eigenvalue weighted by molar-refractivity contribution is 0.244. The normalized spacial score (nSPS) is 16.6. The summed E-state index contributed by atoms with van der Waals surface area (Å²) in [6.07, 6.45) is 4.66. The van der Waals surface area contributed by atoms with Gasteiger partial charge < -0.3 is 10.2 Å². The van der Waals surface area contributed by atoms with Crippen LogP contribution in [0.15, 0.2) is 36.7 Å². The van der Waals surface area contributed by atoms with Crippen molar-refractivity contribution >= 4 is 0 Å². The SMILES string of the molecule is c1cn(-c2ccc(CCN3CCNCC3)cc2)nn1. The van der Waals surface area contributed by atoms with Gasteiger partial charge in [-0.3, -0.25) is 0 Å². The molecule has 0 unspecified atom stereocenters. The van der Waals surface area contributed by atoms with E-state index in [9.17, 15) is 0 Å². The van der Waals surface area contributed by atoms with Gasteiger partial charge >= 0.3 is 0 Å². The smallest absolute Gasteiger partial charge is 0.0697 e. The average molecular weight is 257 g/mol. The van der Waals surface area contributed by atoms with Gasteiger partial charge in [0.2, 0.25) is 0 Å². The lowest BCUT2D eigenvalue weighted by Gasteiger charge is -2.27. The van der Waals surface area contributed by atoms with Crippen molar-refractivity contribution < 1.29 is 0 Å². The molecule has 3 rings (SSSR count). The molecule has 1 N–H and O–H groups in total.